The van der Waals surface area contributed by atoms with Crippen LogP contribution in [-0.2, 0) is 0 Å². The molecule has 27 heavy (non-hydrogen) atoms. The highest BCUT2D eigenvalue weighted by molar-refractivity contribution is 6.14. The van der Waals surface area contributed by atoms with E-state index in [9.17, 15) is 14.0 Å². The molecule has 8 heteroatoms. The number of amides is 2. The molecule has 0 saturated heterocycles. The molecule has 0 spiro atoms. The van der Waals surface area contributed by atoms with Crippen molar-refractivity contribution in [2.75, 3.05) is 13.1 Å². The standard InChI is InChI=1S/C19H15FN4O3/c20-14-5-3-12(4-6-14)17(25)23-19-21-10-13-11-24(8-7-15(13)22-19)18(26)16-2-1-9-27-16/h1-6,9,11H,7-8,10H2,(H,21,23,25). The van der Waals surface area contributed by atoms with Crippen LogP contribution in [0.5, 0.6) is 0 Å². The Morgan fingerprint density at radius 1 is 1.19 bits per heavy atom. The fourth-order valence-corrected chi connectivity index (χ4v) is 2.84. The number of nitrogens with one attached hydrogen (secondary N) is 1. The molecule has 1 aromatic carbocycles. The minimum Gasteiger partial charge on any atom is -0.459 e. The molecule has 4 rings (SSSR count). The van der Waals surface area contributed by atoms with E-state index < -0.39 is 11.7 Å². The lowest BCUT2D eigenvalue weighted by Gasteiger charge is -2.27. The van der Waals surface area contributed by atoms with E-state index >= 15 is 0 Å². The molecule has 2 aliphatic heterocycles. The van der Waals surface area contributed by atoms with Crippen molar-refractivity contribution in [3.63, 3.8) is 0 Å². The van der Waals surface area contributed by atoms with Gasteiger partial charge >= 0.3 is 0 Å². The molecule has 7 nitrogen and oxygen atoms in total. The highest BCUT2D eigenvalue weighted by Gasteiger charge is 2.25. The zero-order valence-corrected chi connectivity index (χ0v) is 14.2. The Hall–Kier alpha value is -3.55. The lowest BCUT2D eigenvalue weighted by Crippen LogP contribution is -2.37. The van der Waals surface area contributed by atoms with Crippen LogP contribution in [0.25, 0.3) is 0 Å². The third kappa shape index (κ3) is 3.55. The molecule has 0 atom stereocenters. The summed E-state index contributed by atoms with van der Waals surface area (Å²) in [6.07, 6.45) is 3.72. The second-order valence-electron chi connectivity index (χ2n) is 6.04. The molecule has 0 aliphatic carbocycles. The highest BCUT2D eigenvalue weighted by Crippen LogP contribution is 2.19. The minimum atomic E-state index is -0.410. The van der Waals surface area contributed by atoms with E-state index in [2.05, 4.69) is 15.3 Å². The Bertz CT molecular complexity index is 975. The number of carbonyl (C=O) groups excluding carboxylic acids is 2. The second-order valence-corrected chi connectivity index (χ2v) is 6.04. The van der Waals surface area contributed by atoms with Crippen LogP contribution in [0, 0.1) is 5.82 Å². The quantitative estimate of drug-likeness (QED) is 0.885. The molecule has 1 N–H and O–H groups in total. The summed E-state index contributed by atoms with van der Waals surface area (Å²) in [6.45, 7) is 0.765. The minimum absolute atomic E-state index is 0.210. The van der Waals surface area contributed by atoms with Crippen LogP contribution in [0.15, 0.2) is 68.8 Å². The number of benzene rings is 1. The number of hydrogen-bond acceptors (Lipinski definition) is 5. The van der Waals surface area contributed by atoms with Crippen LogP contribution < -0.4 is 5.32 Å². The van der Waals surface area contributed by atoms with E-state index in [0.717, 1.165) is 11.3 Å². The fourth-order valence-electron chi connectivity index (χ4n) is 2.84. The maximum Gasteiger partial charge on any atom is 0.293 e. The lowest BCUT2D eigenvalue weighted by molar-refractivity contribution is 0.0791. The SMILES string of the molecule is O=C(NC1=NCC2=CN(C(=O)c3ccco3)CCC2=N1)c1ccc(F)cc1. The first-order valence-electron chi connectivity index (χ1n) is 8.34. The zero-order chi connectivity index (χ0) is 18.8. The maximum atomic E-state index is 13.0. The number of carbonyl (C=O) groups is 2. The molecule has 0 fully saturated rings. The predicted octanol–water partition coefficient (Wildman–Crippen LogP) is 2.39. The molecular weight excluding hydrogens is 351 g/mol. The van der Waals surface area contributed by atoms with Crippen LogP contribution in [0.1, 0.15) is 27.3 Å². The third-order valence-corrected chi connectivity index (χ3v) is 4.24. The molecule has 2 aliphatic rings. The van der Waals surface area contributed by atoms with E-state index in [4.69, 9.17) is 4.42 Å². The van der Waals surface area contributed by atoms with Gasteiger partial charge in [-0.05, 0) is 36.4 Å². The summed E-state index contributed by atoms with van der Waals surface area (Å²) in [5, 5.41) is 2.62. The molecule has 2 aromatic rings. The average molecular weight is 366 g/mol. The van der Waals surface area contributed by atoms with Gasteiger partial charge in [-0.25, -0.2) is 14.4 Å². The maximum absolute atomic E-state index is 13.0. The number of furan rings is 1. The largest absolute Gasteiger partial charge is 0.459 e. The summed E-state index contributed by atoms with van der Waals surface area (Å²) < 4.78 is 18.1. The topological polar surface area (TPSA) is 87.3 Å². The Morgan fingerprint density at radius 3 is 2.74 bits per heavy atom. The van der Waals surface area contributed by atoms with E-state index in [-0.39, 0.29) is 17.6 Å². The normalized spacial score (nSPS) is 16.0. The van der Waals surface area contributed by atoms with Gasteiger partial charge in [0.05, 0.1) is 18.5 Å². The lowest BCUT2D eigenvalue weighted by atomic mass is 10.0. The van der Waals surface area contributed by atoms with Gasteiger partial charge in [0.2, 0.25) is 5.96 Å². The van der Waals surface area contributed by atoms with E-state index in [1.54, 1.807) is 23.2 Å². The molecular formula is C19H15FN4O3. The van der Waals surface area contributed by atoms with Gasteiger partial charge in [0, 0.05) is 30.3 Å². The van der Waals surface area contributed by atoms with Crippen molar-refractivity contribution in [3.8, 4) is 0 Å². The molecule has 136 valence electrons. The monoisotopic (exact) mass is 366 g/mol. The van der Waals surface area contributed by atoms with Crippen molar-refractivity contribution in [1.82, 2.24) is 10.2 Å². The zero-order valence-electron chi connectivity index (χ0n) is 14.2. The molecule has 0 radical (unpaired) electrons. The van der Waals surface area contributed by atoms with Gasteiger partial charge in [0.1, 0.15) is 5.82 Å². The first kappa shape index (κ1) is 16.9. The molecule has 3 heterocycles. The summed E-state index contributed by atoms with van der Waals surface area (Å²) >= 11 is 0. The van der Waals surface area contributed by atoms with Gasteiger partial charge in [0.25, 0.3) is 11.8 Å². The molecule has 1 aromatic heterocycles. The number of hydrogen-bond donors (Lipinski definition) is 1. The van der Waals surface area contributed by atoms with E-state index in [1.165, 1.54) is 30.5 Å². The van der Waals surface area contributed by atoms with Gasteiger partial charge in [-0.1, -0.05) is 0 Å². The van der Waals surface area contributed by atoms with Gasteiger partial charge < -0.3 is 9.32 Å². The van der Waals surface area contributed by atoms with Crippen molar-refractivity contribution >= 4 is 23.5 Å². The highest BCUT2D eigenvalue weighted by atomic mass is 19.1. The van der Waals surface area contributed by atoms with Crippen LogP contribution in [0.3, 0.4) is 0 Å². The van der Waals surface area contributed by atoms with Crippen molar-refractivity contribution < 1.29 is 18.4 Å². The van der Waals surface area contributed by atoms with Crippen LogP contribution in [0.2, 0.25) is 0 Å². The van der Waals surface area contributed by atoms with E-state index in [1.807, 2.05) is 0 Å². The van der Waals surface area contributed by atoms with Crippen molar-refractivity contribution in [2.24, 2.45) is 9.98 Å². The van der Waals surface area contributed by atoms with Crippen LogP contribution in [-0.4, -0.2) is 41.5 Å². The number of guanidine groups is 1. The third-order valence-electron chi connectivity index (χ3n) is 4.24. The molecule has 0 unspecified atom stereocenters. The van der Waals surface area contributed by atoms with Crippen molar-refractivity contribution in [2.45, 2.75) is 6.42 Å². The number of aliphatic imine (C=N–C) groups is 2. The van der Waals surface area contributed by atoms with E-state index in [0.29, 0.717) is 25.1 Å². The first-order valence-corrected chi connectivity index (χ1v) is 8.34. The Balaban J connectivity index is 1.45. The summed E-state index contributed by atoms with van der Waals surface area (Å²) in [6, 6.07) is 8.51. The average Bonchev–Trinajstić information content (AvgIpc) is 3.22. The Morgan fingerprint density at radius 2 is 2.00 bits per heavy atom. The van der Waals surface area contributed by atoms with Crippen molar-refractivity contribution in [3.05, 3.63) is 71.6 Å². The molecule has 0 bridgehead atoms. The number of nitrogens with zero attached hydrogens (tertiary/aromatic N) is 3. The Labute approximate surface area is 153 Å². The summed E-state index contributed by atoms with van der Waals surface area (Å²) in [5.41, 5.74) is 1.92. The van der Waals surface area contributed by atoms with Crippen LogP contribution in [0.4, 0.5) is 4.39 Å². The van der Waals surface area contributed by atoms with Gasteiger partial charge in [-0.2, -0.15) is 0 Å². The number of fused-ring (bicyclic) bond motifs is 1. The fraction of sp³-hybridized carbons (Fsp3) is 0.158. The van der Waals surface area contributed by atoms with Gasteiger partial charge in [-0.3, -0.25) is 14.9 Å². The first-order chi connectivity index (χ1) is 13.1. The summed E-state index contributed by atoms with van der Waals surface area (Å²) in [7, 11) is 0. The smallest absolute Gasteiger partial charge is 0.293 e. The Kier molecular flexibility index (Phi) is 4.37. The van der Waals surface area contributed by atoms with Crippen molar-refractivity contribution in [1.29, 1.82) is 0 Å². The van der Waals surface area contributed by atoms with Gasteiger partial charge in [-0.15, -0.1) is 0 Å². The molecule has 0 saturated carbocycles. The summed E-state index contributed by atoms with van der Waals surface area (Å²) in [4.78, 5) is 34.7. The number of halogens is 1. The summed E-state index contributed by atoms with van der Waals surface area (Å²) in [5.74, 6) is -0.546. The van der Waals surface area contributed by atoms with Gasteiger partial charge in [0.15, 0.2) is 5.76 Å². The predicted molar refractivity (Wildman–Crippen MR) is 96.0 cm³/mol. The second kappa shape index (κ2) is 6.99. The van der Waals surface area contributed by atoms with Crippen LogP contribution >= 0.6 is 0 Å². The number of rotatable bonds is 2. The molecule has 2 amide bonds.